The van der Waals surface area contributed by atoms with Gasteiger partial charge in [0.2, 0.25) is 0 Å². The lowest BCUT2D eigenvalue weighted by atomic mass is 10.2. The molecule has 0 radical (unpaired) electrons. The monoisotopic (exact) mass is 278 g/mol. The van der Waals surface area contributed by atoms with Gasteiger partial charge in [0, 0.05) is 6.04 Å². The SMILES string of the molecule is Nc1ccc(C(=O)O)cc1OCC(=O)NC1CCCC1. The summed E-state index contributed by atoms with van der Waals surface area (Å²) >= 11 is 0. The van der Waals surface area contributed by atoms with E-state index in [0.717, 1.165) is 25.7 Å². The molecule has 1 aliphatic carbocycles. The maximum Gasteiger partial charge on any atom is 0.335 e. The maximum atomic E-state index is 11.7. The third-order valence-corrected chi connectivity index (χ3v) is 3.34. The van der Waals surface area contributed by atoms with Crippen molar-refractivity contribution in [1.82, 2.24) is 5.32 Å². The Kier molecular flexibility index (Phi) is 4.45. The van der Waals surface area contributed by atoms with Crippen LogP contribution in [-0.4, -0.2) is 29.6 Å². The lowest BCUT2D eigenvalue weighted by Crippen LogP contribution is -2.36. The minimum atomic E-state index is -1.06. The number of carboxylic acids is 1. The summed E-state index contributed by atoms with van der Waals surface area (Å²) in [5, 5.41) is 11.8. The number of hydrogen-bond donors (Lipinski definition) is 3. The van der Waals surface area contributed by atoms with Gasteiger partial charge in [-0.05, 0) is 31.0 Å². The van der Waals surface area contributed by atoms with E-state index in [2.05, 4.69) is 5.32 Å². The molecule has 0 saturated heterocycles. The Balaban J connectivity index is 1.90. The quantitative estimate of drug-likeness (QED) is 0.707. The fourth-order valence-corrected chi connectivity index (χ4v) is 2.28. The number of ether oxygens (including phenoxy) is 1. The number of carbonyl (C=O) groups excluding carboxylic acids is 1. The molecule has 1 fully saturated rings. The Bertz CT molecular complexity index is 510. The molecule has 0 atom stereocenters. The number of amides is 1. The zero-order valence-corrected chi connectivity index (χ0v) is 11.1. The summed E-state index contributed by atoms with van der Waals surface area (Å²) in [6.07, 6.45) is 4.28. The predicted octanol–water partition coefficient (Wildman–Crippen LogP) is 1.40. The number of carboxylic acid groups (broad SMARTS) is 1. The Hall–Kier alpha value is -2.24. The van der Waals surface area contributed by atoms with Gasteiger partial charge in [-0.25, -0.2) is 4.79 Å². The number of carbonyl (C=O) groups is 2. The van der Waals surface area contributed by atoms with Crippen molar-refractivity contribution in [3.8, 4) is 5.75 Å². The van der Waals surface area contributed by atoms with Gasteiger partial charge in [-0.1, -0.05) is 12.8 Å². The van der Waals surface area contributed by atoms with Gasteiger partial charge in [-0.2, -0.15) is 0 Å². The Morgan fingerprint density at radius 3 is 2.70 bits per heavy atom. The summed E-state index contributed by atoms with van der Waals surface area (Å²) in [5.41, 5.74) is 6.07. The highest BCUT2D eigenvalue weighted by atomic mass is 16.5. The van der Waals surface area contributed by atoms with Crippen molar-refractivity contribution >= 4 is 17.6 Å². The van der Waals surface area contributed by atoms with E-state index < -0.39 is 5.97 Å². The first-order valence-corrected chi connectivity index (χ1v) is 6.61. The predicted molar refractivity (Wildman–Crippen MR) is 73.7 cm³/mol. The molecule has 6 nitrogen and oxygen atoms in total. The minimum Gasteiger partial charge on any atom is -0.482 e. The zero-order chi connectivity index (χ0) is 14.5. The lowest BCUT2D eigenvalue weighted by Gasteiger charge is -2.13. The first kappa shape index (κ1) is 14.2. The van der Waals surface area contributed by atoms with Gasteiger partial charge < -0.3 is 20.9 Å². The number of aromatic carboxylic acids is 1. The van der Waals surface area contributed by atoms with Gasteiger partial charge in [-0.3, -0.25) is 4.79 Å². The van der Waals surface area contributed by atoms with Crippen molar-refractivity contribution in [3.63, 3.8) is 0 Å². The largest absolute Gasteiger partial charge is 0.482 e. The van der Waals surface area contributed by atoms with Crippen molar-refractivity contribution in [1.29, 1.82) is 0 Å². The molecule has 0 heterocycles. The van der Waals surface area contributed by atoms with Crippen LogP contribution >= 0.6 is 0 Å². The van der Waals surface area contributed by atoms with E-state index in [1.807, 2.05) is 0 Å². The van der Waals surface area contributed by atoms with Gasteiger partial charge in [0.15, 0.2) is 6.61 Å². The molecular weight excluding hydrogens is 260 g/mol. The number of nitrogens with one attached hydrogen (secondary N) is 1. The van der Waals surface area contributed by atoms with Crippen LogP contribution in [0.25, 0.3) is 0 Å². The summed E-state index contributed by atoms with van der Waals surface area (Å²) in [6, 6.07) is 4.39. The van der Waals surface area contributed by atoms with E-state index in [4.69, 9.17) is 15.6 Å². The molecule has 0 aromatic heterocycles. The third kappa shape index (κ3) is 3.63. The first-order chi connectivity index (χ1) is 9.56. The molecule has 0 bridgehead atoms. The Morgan fingerprint density at radius 1 is 1.35 bits per heavy atom. The van der Waals surface area contributed by atoms with Crippen LogP contribution < -0.4 is 15.8 Å². The summed E-state index contributed by atoms with van der Waals surface area (Å²) in [6.45, 7) is -0.163. The zero-order valence-electron chi connectivity index (χ0n) is 11.1. The highest BCUT2D eigenvalue weighted by molar-refractivity contribution is 5.89. The summed E-state index contributed by atoms with van der Waals surface area (Å²) in [7, 11) is 0. The highest BCUT2D eigenvalue weighted by Crippen LogP contribution is 2.23. The first-order valence-electron chi connectivity index (χ1n) is 6.61. The molecule has 1 amide bonds. The lowest BCUT2D eigenvalue weighted by molar-refractivity contribution is -0.123. The van der Waals surface area contributed by atoms with Crippen LogP contribution in [0.1, 0.15) is 36.0 Å². The second-order valence-corrected chi connectivity index (χ2v) is 4.90. The smallest absolute Gasteiger partial charge is 0.335 e. The average Bonchev–Trinajstić information content (AvgIpc) is 2.90. The molecule has 0 aliphatic heterocycles. The van der Waals surface area contributed by atoms with E-state index in [1.165, 1.54) is 18.2 Å². The molecule has 4 N–H and O–H groups in total. The van der Waals surface area contributed by atoms with Crippen molar-refractivity contribution in [2.45, 2.75) is 31.7 Å². The van der Waals surface area contributed by atoms with Crippen LogP contribution in [0.2, 0.25) is 0 Å². The fourth-order valence-electron chi connectivity index (χ4n) is 2.28. The number of anilines is 1. The summed E-state index contributed by atoms with van der Waals surface area (Å²) < 4.78 is 5.30. The van der Waals surface area contributed by atoms with Gasteiger partial charge in [0.1, 0.15) is 5.75 Å². The van der Waals surface area contributed by atoms with Crippen LogP contribution in [0.15, 0.2) is 18.2 Å². The number of nitrogen functional groups attached to an aromatic ring is 1. The molecule has 2 rings (SSSR count). The standard InChI is InChI=1S/C14H18N2O4/c15-11-6-5-9(14(18)19)7-12(11)20-8-13(17)16-10-3-1-2-4-10/h5-7,10H,1-4,8,15H2,(H,16,17)(H,18,19). The molecule has 0 unspecified atom stereocenters. The van der Waals surface area contributed by atoms with Crippen molar-refractivity contribution in [2.24, 2.45) is 0 Å². The van der Waals surface area contributed by atoms with Gasteiger partial charge in [0.25, 0.3) is 5.91 Å². The fraction of sp³-hybridized carbons (Fsp3) is 0.429. The number of benzene rings is 1. The molecule has 1 aromatic carbocycles. The molecular formula is C14H18N2O4. The number of hydrogen-bond acceptors (Lipinski definition) is 4. The topological polar surface area (TPSA) is 102 Å². The second kappa shape index (κ2) is 6.27. The highest BCUT2D eigenvalue weighted by Gasteiger charge is 2.17. The van der Waals surface area contributed by atoms with E-state index in [1.54, 1.807) is 0 Å². The van der Waals surface area contributed by atoms with Crippen LogP contribution in [0, 0.1) is 0 Å². The van der Waals surface area contributed by atoms with Crippen molar-refractivity contribution in [2.75, 3.05) is 12.3 Å². The van der Waals surface area contributed by atoms with E-state index in [0.29, 0.717) is 5.69 Å². The Morgan fingerprint density at radius 2 is 2.05 bits per heavy atom. The summed E-state index contributed by atoms with van der Waals surface area (Å²) in [4.78, 5) is 22.6. The maximum absolute atomic E-state index is 11.7. The molecule has 1 saturated carbocycles. The molecule has 0 spiro atoms. The van der Waals surface area contributed by atoms with Crippen LogP contribution in [-0.2, 0) is 4.79 Å². The van der Waals surface area contributed by atoms with Crippen LogP contribution in [0.3, 0.4) is 0 Å². The minimum absolute atomic E-state index is 0.0744. The van der Waals surface area contributed by atoms with E-state index in [9.17, 15) is 9.59 Å². The van der Waals surface area contributed by atoms with Gasteiger partial charge in [0.05, 0.1) is 11.3 Å². The van der Waals surface area contributed by atoms with Gasteiger partial charge >= 0.3 is 5.97 Å². The molecule has 1 aliphatic rings. The average molecular weight is 278 g/mol. The third-order valence-electron chi connectivity index (χ3n) is 3.34. The van der Waals surface area contributed by atoms with E-state index >= 15 is 0 Å². The normalized spacial score (nSPS) is 15.0. The number of rotatable bonds is 5. The molecule has 1 aromatic rings. The van der Waals surface area contributed by atoms with Crippen LogP contribution in [0.5, 0.6) is 5.75 Å². The molecule has 6 heteroatoms. The van der Waals surface area contributed by atoms with Crippen molar-refractivity contribution < 1.29 is 19.4 Å². The molecule has 108 valence electrons. The van der Waals surface area contributed by atoms with Gasteiger partial charge in [-0.15, -0.1) is 0 Å². The van der Waals surface area contributed by atoms with Crippen LogP contribution in [0.4, 0.5) is 5.69 Å². The molecule has 20 heavy (non-hydrogen) atoms. The summed E-state index contributed by atoms with van der Waals surface area (Å²) in [5.74, 6) is -1.06. The Labute approximate surface area is 116 Å². The van der Waals surface area contributed by atoms with E-state index in [-0.39, 0.29) is 29.9 Å². The van der Waals surface area contributed by atoms with Crippen molar-refractivity contribution in [3.05, 3.63) is 23.8 Å². The second-order valence-electron chi connectivity index (χ2n) is 4.90. The number of nitrogens with two attached hydrogens (primary N) is 1.